The monoisotopic (exact) mass is 109 g/mol. The van der Waals surface area contributed by atoms with Crippen LogP contribution in [0.2, 0.25) is 0 Å². The largest absolute Gasteiger partial charge is 0.306 e. The Morgan fingerprint density at radius 3 is 2.88 bits per heavy atom. The van der Waals surface area contributed by atoms with Crippen molar-refractivity contribution < 1.29 is 0 Å². The maximum Gasteiger partial charge on any atom is 0.103 e. The molecule has 3 nitrogen and oxygen atoms in total. The number of aromatic amines is 1. The highest BCUT2D eigenvalue weighted by molar-refractivity contribution is 5.73. The van der Waals surface area contributed by atoms with Crippen LogP contribution in [0.1, 0.15) is 11.4 Å². The van der Waals surface area contributed by atoms with Crippen molar-refractivity contribution in [1.82, 2.24) is 10.2 Å². The van der Waals surface area contributed by atoms with Crippen LogP contribution in [-0.4, -0.2) is 16.4 Å². The van der Waals surface area contributed by atoms with Crippen molar-refractivity contribution in [2.45, 2.75) is 6.92 Å². The Hall–Kier alpha value is -1.12. The lowest BCUT2D eigenvalue weighted by molar-refractivity contribution is 1.04. The lowest BCUT2D eigenvalue weighted by Crippen LogP contribution is -1.75. The molecular formula is C5H7N3. The van der Waals surface area contributed by atoms with Crippen LogP contribution in [0.4, 0.5) is 0 Å². The summed E-state index contributed by atoms with van der Waals surface area (Å²) >= 11 is 0. The van der Waals surface area contributed by atoms with E-state index in [1.165, 1.54) is 6.21 Å². The highest BCUT2D eigenvalue weighted by Crippen LogP contribution is 1.91. The zero-order valence-corrected chi connectivity index (χ0v) is 4.60. The van der Waals surface area contributed by atoms with Gasteiger partial charge in [0, 0.05) is 11.9 Å². The molecule has 0 atom stereocenters. The maximum absolute atomic E-state index is 6.75. The van der Waals surface area contributed by atoms with Crippen molar-refractivity contribution in [3.63, 3.8) is 0 Å². The van der Waals surface area contributed by atoms with Crippen LogP contribution < -0.4 is 0 Å². The van der Waals surface area contributed by atoms with Crippen LogP contribution >= 0.6 is 0 Å². The fraction of sp³-hybridized carbons (Fsp3) is 0.200. The fourth-order valence-electron chi connectivity index (χ4n) is 0.513. The second-order valence-corrected chi connectivity index (χ2v) is 1.62. The van der Waals surface area contributed by atoms with Crippen LogP contribution in [0, 0.1) is 12.3 Å². The number of nitrogens with zero attached hydrogens (tertiary/aromatic N) is 1. The molecule has 0 amide bonds. The molecule has 2 N–H and O–H groups in total. The Labute approximate surface area is 47.2 Å². The number of rotatable bonds is 1. The molecule has 0 spiro atoms. The minimum absolute atomic E-state index is 0.683. The van der Waals surface area contributed by atoms with Crippen molar-refractivity contribution >= 4 is 6.21 Å². The van der Waals surface area contributed by atoms with Crippen LogP contribution in [-0.2, 0) is 0 Å². The molecule has 1 rings (SSSR count). The molecule has 0 aliphatic rings. The maximum atomic E-state index is 6.75. The van der Waals surface area contributed by atoms with Gasteiger partial charge in [0.2, 0.25) is 0 Å². The van der Waals surface area contributed by atoms with Crippen LogP contribution in [0.25, 0.3) is 0 Å². The summed E-state index contributed by atoms with van der Waals surface area (Å²) in [6.07, 6.45) is 1.21. The molecule has 0 aliphatic carbocycles. The van der Waals surface area contributed by atoms with Gasteiger partial charge in [0.15, 0.2) is 0 Å². The second-order valence-electron chi connectivity index (χ2n) is 1.62. The molecule has 1 aromatic rings. The van der Waals surface area contributed by atoms with E-state index in [1.54, 1.807) is 0 Å². The summed E-state index contributed by atoms with van der Waals surface area (Å²) in [4.78, 5) is 0. The molecule has 0 radical (unpaired) electrons. The molecule has 1 heterocycles. The summed E-state index contributed by atoms with van der Waals surface area (Å²) in [6.45, 7) is 1.90. The number of nitrogens with one attached hydrogen (secondary N) is 2. The minimum Gasteiger partial charge on any atom is -0.306 e. The minimum atomic E-state index is 0.683. The van der Waals surface area contributed by atoms with E-state index in [2.05, 4.69) is 10.2 Å². The highest BCUT2D eigenvalue weighted by Gasteiger charge is 1.88. The topological polar surface area (TPSA) is 52.5 Å². The first kappa shape index (κ1) is 5.03. The van der Waals surface area contributed by atoms with Gasteiger partial charge in [-0.05, 0) is 13.0 Å². The normalized spacial score (nSPS) is 9.12. The van der Waals surface area contributed by atoms with Crippen molar-refractivity contribution in [2.75, 3.05) is 0 Å². The van der Waals surface area contributed by atoms with Gasteiger partial charge in [-0.2, -0.15) is 5.10 Å². The molecule has 0 aromatic carbocycles. The van der Waals surface area contributed by atoms with Crippen molar-refractivity contribution in [3.8, 4) is 0 Å². The van der Waals surface area contributed by atoms with Crippen molar-refractivity contribution in [3.05, 3.63) is 17.5 Å². The third-order valence-electron chi connectivity index (χ3n) is 0.874. The number of hydrogen-bond donors (Lipinski definition) is 2. The van der Waals surface area contributed by atoms with E-state index >= 15 is 0 Å². The van der Waals surface area contributed by atoms with Gasteiger partial charge in [-0.15, -0.1) is 0 Å². The molecule has 0 unspecified atom stereocenters. The van der Waals surface area contributed by atoms with Gasteiger partial charge < -0.3 is 5.41 Å². The Balaban J connectivity index is 3.00. The van der Waals surface area contributed by atoms with E-state index in [9.17, 15) is 0 Å². The van der Waals surface area contributed by atoms with E-state index in [0.717, 1.165) is 5.69 Å². The van der Waals surface area contributed by atoms with Crippen molar-refractivity contribution in [2.24, 2.45) is 0 Å². The average Bonchev–Trinajstić information content (AvgIpc) is 2.14. The number of hydrogen-bond acceptors (Lipinski definition) is 2. The molecule has 0 saturated carbocycles. The Kier molecular flexibility index (Phi) is 1.12. The van der Waals surface area contributed by atoms with Crippen LogP contribution in [0.15, 0.2) is 6.07 Å². The van der Waals surface area contributed by atoms with Gasteiger partial charge in [0.1, 0.15) is 5.69 Å². The molecule has 1 aromatic heterocycles. The summed E-state index contributed by atoms with van der Waals surface area (Å²) in [5.41, 5.74) is 1.67. The standard InChI is InChI=1S/C5H7N3/c1-4-2-5(3-6)8-7-4/h2-3,6H,1H3,(H,7,8). The zero-order chi connectivity index (χ0) is 5.98. The van der Waals surface area contributed by atoms with E-state index in [-0.39, 0.29) is 0 Å². The predicted octanol–water partition coefficient (Wildman–Crippen LogP) is 0.716. The fourth-order valence-corrected chi connectivity index (χ4v) is 0.513. The van der Waals surface area contributed by atoms with Gasteiger partial charge in [-0.1, -0.05) is 0 Å². The summed E-state index contributed by atoms with van der Waals surface area (Å²) in [7, 11) is 0. The van der Waals surface area contributed by atoms with E-state index < -0.39 is 0 Å². The summed E-state index contributed by atoms with van der Waals surface area (Å²) in [5.74, 6) is 0. The number of aromatic nitrogens is 2. The molecular weight excluding hydrogens is 102 g/mol. The Morgan fingerprint density at radius 2 is 2.62 bits per heavy atom. The molecule has 0 aliphatic heterocycles. The molecule has 42 valence electrons. The quantitative estimate of drug-likeness (QED) is 0.513. The van der Waals surface area contributed by atoms with E-state index in [4.69, 9.17) is 5.41 Å². The third-order valence-corrected chi connectivity index (χ3v) is 0.874. The molecule has 8 heavy (non-hydrogen) atoms. The van der Waals surface area contributed by atoms with Gasteiger partial charge in [-0.25, -0.2) is 0 Å². The summed E-state index contributed by atoms with van der Waals surface area (Å²) in [5, 5.41) is 13.2. The van der Waals surface area contributed by atoms with Crippen LogP contribution in [0.5, 0.6) is 0 Å². The number of H-pyrrole nitrogens is 1. The highest BCUT2D eigenvalue weighted by atomic mass is 15.1. The smallest absolute Gasteiger partial charge is 0.103 e. The molecule has 3 heteroatoms. The van der Waals surface area contributed by atoms with Gasteiger partial charge in [-0.3, -0.25) is 5.10 Å². The van der Waals surface area contributed by atoms with Gasteiger partial charge in [0.05, 0.1) is 0 Å². The predicted molar refractivity (Wildman–Crippen MR) is 31.2 cm³/mol. The second kappa shape index (κ2) is 1.78. The van der Waals surface area contributed by atoms with Crippen molar-refractivity contribution in [1.29, 1.82) is 5.41 Å². The Bertz CT molecular complexity index is 189. The SMILES string of the molecule is Cc1cc(C=N)n[nH]1. The first-order valence-electron chi connectivity index (χ1n) is 2.35. The zero-order valence-electron chi connectivity index (χ0n) is 4.60. The molecule has 0 bridgehead atoms. The molecule has 0 saturated heterocycles. The average molecular weight is 109 g/mol. The van der Waals surface area contributed by atoms with E-state index in [0.29, 0.717) is 5.69 Å². The first-order valence-corrected chi connectivity index (χ1v) is 2.35. The molecule has 0 fully saturated rings. The Morgan fingerprint density at radius 1 is 1.88 bits per heavy atom. The lowest BCUT2D eigenvalue weighted by atomic mass is 10.4. The van der Waals surface area contributed by atoms with E-state index in [1.807, 2.05) is 13.0 Å². The third kappa shape index (κ3) is 0.753. The summed E-state index contributed by atoms with van der Waals surface area (Å²) < 4.78 is 0. The first-order chi connectivity index (χ1) is 3.83. The summed E-state index contributed by atoms with van der Waals surface area (Å²) in [6, 6.07) is 1.81. The lowest BCUT2D eigenvalue weighted by Gasteiger charge is -1.69. The number of aryl methyl sites for hydroxylation is 1. The van der Waals surface area contributed by atoms with Gasteiger partial charge in [0.25, 0.3) is 0 Å². The van der Waals surface area contributed by atoms with Gasteiger partial charge >= 0.3 is 0 Å². The van der Waals surface area contributed by atoms with Crippen LogP contribution in [0.3, 0.4) is 0 Å².